The molecule has 0 atom stereocenters. The number of fused-ring (bicyclic) bond motifs is 1. The summed E-state index contributed by atoms with van der Waals surface area (Å²) in [6.07, 6.45) is -3.17. The van der Waals surface area contributed by atoms with Crippen LogP contribution in [0.3, 0.4) is 0 Å². The third-order valence-electron chi connectivity index (χ3n) is 3.61. The normalized spacial score (nSPS) is 11.8. The first-order chi connectivity index (χ1) is 11.8. The Kier molecular flexibility index (Phi) is 4.23. The minimum atomic E-state index is -4.63. The van der Waals surface area contributed by atoms with Crippen LogP contribution in [-0.2, 0) is 12.7 Å². The van der Waals surface area contributed by atoms with Gasteiger partial charge in [0, 0.05) is 14.1 Å². The van der Waals surface area contributed by atoms with Gasteiger partial charge < -0.3 is 14.2 Å². The summed E-state index contributed by atoms with van der Waals surface area (Å²) in [7, 11) is 4.78. The van der Waals surface area contributed by atoms with Crippen molar-refractivity contribution in [2.75, 3.05) is 26.1 Å². The number of methoxy groups -OCH3 is 1. The van der Waals surface area contributed by atoms with Gasteiger partial charge in [-0.3, -0.25) is 0 Å². The molecule has 3 aromatic rings. The fraction of sp³-hybridized carbons (Fsp3) is 0.312. The maximum absolute atomic E-state index is 13.1. The minimum absolute atomic E-state index is 0.127. The second-order valence-corrected chi connectivity index (χ2v) is 5.66. The number of imidazole rings is 1. The van der Waals surface area contributed by atoms with E-state index in [1.807, 2.05) is 18.2 Å². The van der Waals surface area contributed by atoms with E-state index in [4.69, 9.17) is 4.74 Å². The molecule has 3 rings (SSSR count). The summed E-state index contributed by atoms with van der Waals surface area (Å²) in [5, 5.41) is 0. The Morgan fingerprint density at radius 1 is 1.20 bits per heavy atom. The molecule has 2 aromatic heterocycles. The molecule has 0 bridgehead atoms. The van der Waals surface area contributed by atoms with Crippen molar-refractivity contribution >= 4 is 17.0 Å². The number of benzene rings is 1. The second kappa shape index (κ2) is 6.23. The standard InChI is InChI=1S/C16H16F3N5O/c1-23(2)13-12-14(22-15(21-13)16(17,18)19)24(9-20-12)8-10-5-4-6-11(7-10)25-3/h4-7,9H,8H2,1-3H3. The van der Waals surface area contributed by atoms with Crippen molar-refractivity contribution in [1.29, 1.82) is 0 Å². The fourth-order valence-corrected chi connectivity index (χ4v) is 2.45. The maximum Gasteiger partial charge on any atom is 0.451 e. The van der Waals surface area contributed by atoms with Crippen LogP contribution in [0.1, 0.15) is 11.4 Å². The smallest absolute Gasteiger partial charge is 0.451 e. The SMILES string of the molecule is COc1cccc(Cn2cnc3c(N(C)C)nc(C(F)(F)F)nc32)c1. The van der Waals surface area contributed by atoms with Gasteiger partial charge in [-0.2, -0.15) is 13.2 Å². The first-order valence-corrected chi connectivity index (χ1v) is 7.40. The zero-order chi connectivity index (χ0) is 18.2. The quantitative estimate of drug-likeness (QED) is 0.723. The minimum Gasteiger partial charge on any atom is -0.497 e. The number of hydrogen-bond acceptors (Lipinski definition) is 5. The van der Waals surface area contributed by atoms with Gasteiger partial charge in [0.25, 0.3) is 0 Å². The zero-order valence-corrected chi connectivity index (χ0v) is 13.9. The van der Waals surface area contributed by atoms with Crippen LogP contribution >= 0.6 is 0 Å². The van der Waals surface area contributed by atoms with Gasteiger partial charge in [-0.1, -0.05) is 12.1 Å². The Labute approximate surface area is 141 Å². The molecule has 0 radical (unpaired) electrons. The van der Waals surface area contributed by atoms with Crippen LogP contribution in [0.5, 0.6) is 5.75 Å². The first-order valence-electron chi connectivity index (χ1n) is 7.40. The number of aromatic nitrogens is 4. The summed E-state index contributed by atoms with van der Waals surface area (Å²) in [5.41, 5.74) is 1.31. The highest BCUT2D eigenvalue weighted by molar-refractivity contribution is 5.83. The molecule has 0 unspecified atom stereocenters. The first kappa shape index (κ1) is 17.0. The highest BCUT2D eigenvalue weighted by atomic mass is 19.4. The summed E-state index contributed by atoms with van der Waals surface area (Å²) in [6, 6.07) is 7.27. The Bertz CT molecular complexity index is 904. The number of hydrogen-bond donors (Lipinski definition) is 0. The van der Waals surface area contributed by atoms with E-state index in [1.54, 1.807) is 31.8 Å². The Morgan fingerprint density at radius 3 is 2.60 bits per heavy atom. The van der Waals surface area contributed by atoms with E-state index in [0.29, 0.717) is 17.8 Å². The molecule has 0 aliphatic carbocycles. The lowest BCUT2D eigenvalue weighted by Crippen LogP contribution is -2.18. The fourth-order valence-electron chi connectivity index (χ4n) is 2.45. The number of rotatable bonds is 4. The van der Waals surface area contributed by atoms with Crippen LogP contribution in [0.2, 0.25) is 0 Å². The second-order valence-electron chi connectivity index (χ2n) is 5.66. The van der Waals surface area contributed by atoms with Crippen molar-refractivity contribution in [2.45, 2.75) is 12.7 Å². The van der Waals surface area contributed by atoms with E-state index in [0.717, 1.165) is 5.56 Å². The molecular weight excluding hydrogens is 335 g/mol. The average molecular weight is 351 g/mol. The van der Waals surface area contributed by atoms with Crippen LogP contribution in [0.4, 0.5) is 19.0 Å². The van der Waals surface area contributed by atoms with Crippen molar-refractivity contribution in [3.8, 4) is 5.75 Å². The van der Waals surface area contributed by atoms with Crippen LogP contribution in [-0.4, -0.2) is 40.7 Å². The van der Waals surface area contributed by atoms with Crippen LogP contribution in [0, 0.1) is 0 Å². The van der Waals surface area contributed by atoms with Gasteiger partial charge in [0.05, 0.1) is 20.0 Å². The number of alkyl halides is 3. The van der Waals surface area contributed by atoms with Crippen LogP contribution in [0.25, 0.3) is 11.2 Å². The molecule has 0 spiro atoms. The topological polar surface area (TPSA) is 56.1 Å². The molecule has 0 aliphatic rings. The van der Waals surface area contributed by atoms with E-state index < -0.39 is 12.0 Å². The maximum atomic E-state index is 13.1. The van der Waals surface area contributed by atoms with E-state index >= 15 is 0 Å². The number of halogens is 3. The lowest BCUT2D eigenvalue weighted by atomic mass is 10.2. The summed E-state index contributed by atoms with van der Waals surface area (Å²) in [5.74, 6) is -0.390. The molecule has 132 valence electrons. The molecule has 0 fully saturated rings. The van der Waals surface area contributed by atoms with E-state index in [2.05, 4.69) is 15.0 Å². The molecular formula is C16H16F3N5O. The predicted molar refractivity (Wildman–Crippen MR) is 86.7 cm³/mol. The zero-order valence-electron chi connectivity index (χ0n) is 13.9. The molecule has 1 aromatic carbocycles. The van der Waals surface area contributed by atoms with Gasteiger partial charge >= 0.3 is 6.18 Å². The van der Waals surface area contributed by atoms with Crippen LogP contribution < -0.4 is 9.64 Å². The van der Waals surface area contributed by atoms with Crippen molar-refractivity contribution < 1.29 is 17.9 Å². The molecule has 0 saturated carbocycles. The number of nitrogens with zero attached hydrogens (tertiary/aromatic N) is 5. The Morgan fingerprint density at radius 2 is 1.96 bits per heavy atom. The van der Waals surface area contributed by atoms with Crippen molar-refractivity contribution in [2.24, 2.45) is 0 Å². The third kappa shape index (κ3) is 3.35. The molecule has 0 amide bonds. The summed E-state index contributed by atoms with van der Waals surface area (Å²) < 4.78 is 46.1. The van der Waals surface area contributed by atoms with E-state index in [9.17, 15) is 13.2 Å². The largest absolute Gasteiger partial charge is 0.497 e. The van der Waals surface area contributed by atoms with Gasteiger partial charge in [-0.15, -0.1) is 0 Å². The third-order valence-corrected chi connectivity index (χ3v) is 3.61. The van der Waals surface area contributed by atoms with Gasteiger partial charge in [0.1, 0.15) is 5.75 Å². The lowest BCUT2D eigenvalue weighted by Gasteiger charge is -2.14. The van der Waals surface area contributed by atoms with Gasteiger partial charge in [-0.05, 0) is 17.7 Å². The van der Waals surface area contributed by atoms with E-state index in [1.165, 1.54) is 11.2 Å². The van der Waals surface area contributed by atoms with Gasteiger partial charge in [0.15, 0.2) is 17.0 Å². The highest BCUT2D eigenvalue weighted by Gasteiger charge is 2.36. The van der Waals surface area contributed by atoms with Crippen molar-refractivity contribution in [3.05, 3.63) is 42.0 Å². The van der Waals surface area contributed by atoms with Crippen molar-refractivity contribution in [1.82, 2.24) is 19.5 Å². The molecule has 6 nitrogen and oxygen atoms in total. The van der Waals surface area contributed by atoms with Gasteiger partial charge in [-0.25, -0.2) is 15.0 Å². The van der Waals surface area contributed by atoms with Crippen LogP contribution in [0.15, 0.2) is 30.6 Å². The van der Waals surface area contributed by atoms with E-state index in [-0.39, 0.29) is 11.5 Å². The molecule has 9 heteroatoms. The molecule has 2 heterocycles. The molecule has 0 saturated heterocycles. The number of anilines is 1. The monoisotopic (exact) mass is 351 g/mol. The van der Waals surface area contributed by atoms with Gasteiger partial charge in [0.2, 0.25) is 5.82 Å². The molecule has 0 aliphatic heterocycles. The number of ether oxygens (including phenoxy) is 1. The average Bonchev–Trinajstić information content (AvgIpc) is 2.96. The molecule has 25 heavy (non-hydrogen) atoms. The highest BCUT2D eigenvalue weighted by Crippen LogP contribution is 2.31. The Balaban J connectivity index is 2.11. The summed E-state index contributed by atoms with van der Waals surface area (Å²) >= 11 is 0. The lowest BCUT2D eigenvalue weighted by molar-refractivity contribution is -0.144. The molecule has 0 N–H and O–H groups in total. The predicted octanol–water partition coefficient (Wildman–Crippen LogP) is 2.97. The summed E-state index contributed by atoms with van der Waals surface area (Å²) in [4.78, 5) is 13.0. The summed E-state index contributed by atoms with van der Waals surface area (Å²) in [6.45, 7) is 0.314. The van der Waals surface area contributed by atoms with Crippen molar-refractivity contribution in [3.63, 3.8) is 0 Å². The Hall–Kier alpha value is -2.84.